The van der Waals surface area contributed by atoms with Crippen molar-refractivity contribution in [2.75, 3.05) is 49.5 Å². The molecule has 112 heavy (non-hydrogen) atoms. The van der Waals surface area contributed by atoms with Gasteiger partial charge in [-0.2, -0.15) is 0 Å². The Kier molecular flexibility index (Phi) is 39.7. The Hall–Kier alpha value is -14.9. The van der Waals surface area contributed by atoms with Crippen molar-refractivity contribution in [2.24, 2.45) is 5.73 Å². The SMILES string of the molecule is CN.CNC(=O)c1ccc(/C=C/C(=O)NO)cc1.CNC(=O)c1ccc(/C=C/C(=O)OC)cc1.CNC(=O)c1ccc(C(=O)NO)cc1.CNC(=O)c1ccc(C(=O)OC)cc1.c1ccc2ncccc2c1.c1ccc2ncccc2c1.c1ccc2ncccc2c1.c1ccc2ncccc2c1.c1ccc2ncccc2c1. The summed E-state index contributed by atoms with van der Waals surface area (Å²) >= 11 is 0. The Balaban J connectivity index is 0.000000226. The van der Waals surface area contributed by atoms with Gasteiger partial charge in [-0.1, -0.05) is 146 Å². The zero-order chi connectivity index (χ0) is 81.1. The molecule has 0 aliphatic rings. The number of nitrogens with two attached hydrogens (primary N) is 1. The highest BCUT2D eigenvalue weighted by Crippen LogP contribution is 2.14. The van der Waals surface area contributed by atoms with Crippen LogP contribution in [0.3, 0.4) is 0 Å². The van der Waals surface area contributed by atoms with E-state index in [2.05, 4.69) is 122 Å². The Morgan fingerprint density at radius 3 is 0.759 bits per heavy atom. The molecular formula is C88H86N12O12. The minimum absolute atomic E-state index is 0.136. The van der Waals surface area contributed by atoms with Gasteiger partial charge in [0.05, 0.1) is 47.4 Å². The molecule has 14 aromatic rings. The van der Waals surface area contributed by atoms with Crippen molar-refractivity contribution in [3.05, 3.63) is 367 Å². The van der Waals surface area contributed by atoms with E-state index in [1.54, 1.807) is 100 Å². The fourth-order valence-corrected chi connectivity index (χ4v) is 9.30. The predicted molar refractivity (Wildman–Crippen MR) is 439 cm³/mol. The Morgan fingerprint density at radius 1 is 0.295 bits per heavy atom. The molecule has 0 saturated carbocycles. The first-order valence-corrected chi connectivity index (χ1v) is 34.3. The number of carbonyl (C=O) groups is 8. The number of hydrogen-bond acceptors (Lipinski definition) is 18. The van der Waals surface area contributed by atoms with Crippen LogP contribution in [0.1, 0.15) is 73.3 Å². The Morgan fingerprint density at radius 2 is 0.527 bits per heavy atom. The summed E-state index contributed by atoms with van der Waals surface area (Å²) in [6, 6.07) is 86.2. The summed E-state index contributed by atoms with van der Waals surface area (Å²) in [5.41, 5.74) is 17.2. The van der Waals surface area contributed by atoms with Crippen LogP contribution < -0.4 is 38.0 Å². The molecule has 570 valence electrons. The standard InChI is InChI=1S/C12H13NO3.C11H12N2O3.C10H11NO3.C9H10N2O3.5C9H7N.CH5N/c1-13-12(15)10-6-3-9(4-7-10)5-8-11(14)16-2;1-12-11(15)9-5-2-8(3-6-9)4-7-10(14)13-16;1-11-9(12)7-3-5-8(6-4-7)10(13)14-2;1-10-8(12)6-2-4-7(5-3-6)9(13)11-14;5*1-2-6-9-8(4-1)5-3-7-10-9;1-2/h3-8H,1-2H3,(H,13,15);2-7,16H,1H3,(H,12,15)(H,13,14);3-6H,1-2H3,(H,11,12);2-5,14H,1H3,(H,10,12)(H,11,13);5*1-7H;2H2,1H3/b8-5+;7-4+;;;;;;;;. The normalized spacial score (nSPS) is 9.73. The van der Waals surface area contributed by atoms with Crippen LogP contribution in [-0.2, 0) is 19.1 Å². The van der Waals surface area contributed by atoms with E-state index < -0.39 is 23.8 Å². The third kappa shape index (κ3) is 30.9. The van der Waals surface area contributed by atoms with E-state index in [-0.39, 0.29) is 23.6 Å². The zero-order valence-corrected chi connectivity index (χ0v) is 62.5. The molecule has 14 rings (SSSR count). The molecule has 0 unspecified atom stereocenters. The van der Waals surface area contributed by atoms with Crippen LogP contribution >= 0.6 is 0 Å². The third-order valence-electron chi connectivity index (χ3n) is 15.0. The lowest BCUT2D eigenvalue weighted by Crippen LogP contribution is -2.20. The maximum absolute atomic E-state index is 11.2. The number of amides is 6. The number of benzene rings is 9. The monoisotopic (exact) mass is 1500 g/mol. The van der Waals surface area contributed by atoms with Gasteiger partial charge in [0.1, 0.15) is 0 Å². The van der Waals surface area contributed by atoms with Gasteiger partial charge in [0, 0.05) is 126 Å². The van der Waals surface area contributed by atoms with Crippen molar-refractivity contribution in [3.8, 4) is 0 Å². The maximum atomic E-state index is 11.2. The van der Waals surface area contributed by atoms with Crippen molar-refractivity contribution in [3.63, 3.8) is 0 Å². The van der Waals surface area contributed by atoms with E-state index in [4.69, 9.17) is 10.4 Å². The molecule has 24 nitrogen and oxygen atoms in total. The number of hydroxylamine groups is 2. The van der Waals surface area contributed by atoms with Crippen LogP contribution in [-0.4, -0.2) is 132 Å². The van der Waals surface area contributed by atoms with Crippen LogP contribution in [0, 0.1) is 0 Å². The number of carbonyl (C=O) groups excluding carboxylic acids is 8. The van der Waals surface area contributed by atoms with Crippen molar-refractivity contribution < 1.29 is 58.2 Å². The molecule has 0 bridgehead atoms. The quantitative estimate of drug-likeness (QED) is 0.0266. The number of rotatable bonds is 10. The molecule has 0 aliphatic heterocycles. The van der Waals surface area contributed by atoms with Crippen LogP contribution in [0.25, 0.3) is 66.7 Å². The first-order valence-electron chi connectivity index (χ1n) is 34.3. The largest absolute Gasteiger partial charge is 0.466 e. The van der Waals surface area contributed by atoms with Crippen LogP contribution in [0.15, 0.2) is 322 Å². The summed E-state index contributed by atoms with van der Waals surface area (Å²) in [5, 5.41) is 32.6. The molecule has 24 heteroatoms. The van der Waals surface area contributed by atoms with E-state index in [1.165, 1.54) is 109 Å². The molecular weight excluding hydrogens is 1420 g/mol. The first-order chi connectivity index (χ1) is 54.5. The number of nitrogens with one attached hydrogen (secondary N) is 6. The zero-order valence-electron chi connectivity index (χ0n) is 62.5. The Bertz CT molecular complexity index is 4360. The lowest BCUT2D eigenvalue weighted by molar-refractivity contribution is -0.134. The van der Waals surface area contributed by atoms with Gasteiger partial charge in [0.15, 0.2) is 0 Å². The summed E-state index contributed by atoms with van der Waals surface area (Å²) in [6.45, 7) is 0. The van der Waals surface area contributed by atoms with Gasteiger partial charge in [-0.05, 0) is 164 Å². The Labute approximate surface area is 648 Å². The number of pyridine rings is 5. The topological polar surface area (TPSA) is 358 Å². The molecule has 5 aromatic heterocycles. The van der Waals surface area contributed by atoms with Gasteiger partial charge < -0.3 is 36.5 Å². The summed E-state index contributed by atoms with van der Waals surface area (Å²) < 4.78 is 8.98. The molecule has 0 spiro atoms. The summed E-state index contributed by atoms with van der Waals surface area (Å²) in [7, 11) is 10.3. The summed E-state index contributed by atoms with van der Waals surface area (Å²) in [4.78, 5) is 109. The lowest BCUT2D eigenvalue weighted by atomic mass is 10.1. The minimum atomic E-state index is -0.603. The summed E-state index contributed by atoms with van der Waals surface area (Å²) in [6.07, 6.45) is 14.7. The predicted octanol–water partition coefficient (Wildman–Crippen LogP) is 13.5. The number of esters is 2. The molecule has 5 heterocycles. The van der Waals surface area contributed by atoms with E-state index >= 15 is 0 Å². The number of hydrogen-bond donors (Lipinski definition) is 9. The molecule has 0 radical (unpaired) electrons. The average Bonchev–Trinajstić information content (AvgIpc) is 0.882. The molecule has 0 aliphatic carbocycles. The fraction of sp³-hybridized carbons (Fsp3) is 0.0795. The highest BCUT2D eigenvalue weighted by atomic mass is 16.5. The van der Waals surface area contributed by atoms with Crippen molar-refractivity contribution in [1.82, 2.24) is 57.1 Å². The van der Waals surface area contributed by atoms with Crippen LogP contribution in [0.2, 0.25) is 0 Å². The van der Waals surface area contributed by atoms with E-state index in [9.17, 15) is 38.4 Å². The molecule has 0 saturated heterocycles. The highest BCUT2D eigenvalue weighted by Gasteiger charge is 2.09. The van der Waals surface area contributed by atoms with Gasteiger partial charge >= 0.3 is 11.9 Å². The number of ether oxygens (including phenoxy) is 2. The number of aromatic nitrogens is 5. The lowest BCUT2D eigenvalue weighted by Gasteiger charge is -2.01. The van der Waals surface area contributed by atoms with Gasteiger partial charge in [-0.15, -0.1) is 0 Å². The summed E-state index contributed by atoms with van der Waals surface area (Å²) in [5.74, 6) is -2.72. The number of para-hydroxylation sites is 5. The number of nitrogens with zero attached hydrogens (tertiary/aromatic N) is 5. The smallest absolute Gasteiger partial charge is 0.337 e. The van der Waals surface area contributed by atoms with Crippen LogP contribution in [0.5, 0.6) is 0 Å². The number of methoxy groups -OCH3 is 2. The number of fused-ring (bicyclic) bond motifs is 5. The van der Waals surface area contributed by atoms with Gasteiger partial charge in [0.25, 0.3) is 35.4 Å². The second-order valence-corrected chi connectivity index (χ2v) is 22.3. The second-order valence-electron chi connectivity index (χ2n) is 22.3. The molecule has 9 aromatic carbocycles. The van der Waals surface area contributed by atoms with Crippen molar-refractivity contribution in [1.29, 1.82) is 0 Å². The van der Waals surface area contributed by atoms with Gasteiger partial charge in [-0.3, -0.25) is 64.1 Å². The molecule has 6 amide bonds. The van der Waals surface area contributed by atoms with Crippen molar-refractivity contribution in [2.45, 2.75) is 0 Å². The third-order valence-corrected chi connectivity index (χ3v) is 15.0. The molecule has 10 N–H and O–H groups in total. The van der Waals surface area contributed by atoms with Gasteiger partial charge in [-0.25, -0.2) is 20.5 Å². The van der Waals surface area contributed by atoms with E-state index in [0.717, 1.165) is 38.7 Å². The van der Waals surface area contributed by atoms with Gasteiger partial charge in [0.2, 0.25) is 0 Å². The van der Waals surface area contributed by atoms with Crippen molar-refractivity contribution >= 4 is 114 Å². The first kappa shape index (κ1) is 87.8. The molecule has 0 atom stereocenters. The fourth-order valence-electron chi connectivity index (χ4n) is 9.30. The second kappa shape index (κ2) is 50.6. The van der Waals surface area contributed by atoms with Crippen LogP contribution in [0.4, 0.5) is 0 Å². The minimum Gasteiger partial charge on any atom is -0.466 e. The maximum Gasteiger partial charge on any atom is 0.337 e. The van der Waals surface area contributed by atoms with E-state index in [1.807, 2.05) is 152 Å². The average molecular weight is 1500 g/mol. The van der Waals surface area contributed by atoms with E-state index in [0.29, 0.717) is 33.4 Å². The molecule has 0 fully saturated rings. The highest BCUT2D eigenvalue weighted by molar-refractivity contribution is 5.99.